The number of rotatable bonds is 4. The number of amides is 1. The molecular formula is C18H14F3N5O2S. The topological polar surface area (TPSA) is 81.1 Å². The lowest BCUT2D eigenvalue weighted by molar-refractivity contribution is -0.274. The number of carbonyl (C=O) groups is 1. The number of anilines is 2. The van der Waals surface area contributed by atoms with E-state index in [1.165, 1.54) is 23.5 Å². The Kier molecular flexibility index (Phi) is 4.53. The maximum absolute atomic E-state index is 12.5. The van der Waals surface area contributed by atoms with Gasteiger partial charge in [0.15, 0.2) is 5.13 Å². The molecule has 0 spiro atoms. The summed E-state index contributed by atoms with van der Waals surface area (Å²) in [6, 6.07) is 6.57. The molecule has 0 aliphatic heterocycles. The molecule has 0 unspecified atom stereocenters. The van der Waals surface area contributed by atoms with Crippen LogP contribution >= 0.6 is 11.3 Å². The Morgan fingerprint density at radius 2 is 1.93 bits per heavy atom. The average Bonchev–Trinajstić information content (AvgIpc) is 3.23. The number of imidazole rings is 1. The van der Waals surface area contributed by atoms with Gasteiger partial charge < -0.3 is 14.6 Å². The maximum atomic E-state index is 12.5. The number of nitrogens with one attached hydrogen (secondary N) is 2. The lowest BCUT2D eigenvalue weighted by Gasteiger charge is -2.09. The molecule has 0 atom stereocenters. The molecule has 4 aromatic rings. The van der Waals surface area contributed by atoms with Crippen molar-refractivity contribution in [3.63, 3.8) is 0 Å². The fourth-order valence-corrected chi connectivity index (χ4v) is 3.83. The largest absolute Gasteiger partial charge is 0.573 e. The first-order valence-electron chi connectivity index (χ1n) is 8.34. The van der Waals surface area contributed by atoms with Crippen LogP contribution < -0.4 is 15.4 Å². The highest BCUT2D eigenvalue weighted by Crippen LogP contribution is 2.35. The summed E-state index contributed by atoms with van der Waals surface area (Å²) in [6.07, 6.45) is -3.10. The molecule has 0 saturated heterocycles. The SMILES string of the molecule is CNc1cc2sc(NC(=O)c3ccc(OC(F)(F)F)cc3)nc2c2c1ncn2C. The number of hydrogen-bond acceptors (Lipinski definition) is 6. The van der Waals surface area contributed by atoms with Gasteiger partial charge in [0.2, 0.25) is 0 Å². The Morgan fingerprint density at radius 3 is 2.59 bits per heavy atom. The molecule has 0 aliphatic carbocycles. The molecule has 0 radical (unpaired) electrons. The molecule has 29 heavy (non-hydrogen) atoms. The van der Waals surface area contributed by atoms with Crippen molar-refractivity contribution in [1.29, 1.82) is 0 Å². The second-order valence-electron chi connectivity index (χ2n) is 6.12. The molecule has 0 saturated carbocycles. The number of alkyl halides is 3. The summed E-state index contributed by atoms with van der Waals surface area (Å²) in [5.41, 5.74) is 3.33. The Morgan fingerprint density at radius 1 is 1.21 bits per heavy atom. The van der Waals surface area contributed by atoms with Gasteiger partial charge >= 0.3 is 6.36 Å². The summed E-state index contributed by atoms with van der Waals surface area (Å²) in [5.74, 6) is -0.884. The zero-order valence-corrected chi connectivity index (χ0v) is 16.0. The third-order valence-electron chi connectivity index (χ3n) is 4.19. The summed E-state index contributed by atoms with van der Waals surface area (Å²) in [4.78, 5) is 21.3. The van der Waals surface area contributed by atoms with Crippen LogP contribution in [0.25, 0.3) is 21.3 Å². The highest BCUT2D eigenvalue weighted by molar-refractivity contribution is 7.22. The molecule has 2 heterocycles. The number of halogens is 3. The number of fused-ring (bicyclic) bond motifs is 3. The second kappa shape index (κ2) is 6.92. The molecule has 0 bridgehead atoms. The van der Waals surface area contributed by atoms with Gasteiger partial charge in [0.05, 0.1) is 22.2 Å². The van der Waals surface area contributed by atoms with E-state index in [1.807, 2.05) is 17.7 Å². The quantitative estimate of drug-likeness (QED) is 0.511. The van der Waals surface area contributed by atoms with E-state index in [4.69, 9.17) is 0 Å². The van der Waals surface area contributed by atoms with Gasteiger partial charge in [-0.3, -0.25) is 10.1 Å². The van der Waals surface area contributed by atoms with Crippen molar-refractivity contribution >= 4 is 49.3 Å². The minimum absolute atomic E-state index is 0.181. The van der Waals surface area contributed by atoms with Gasteiger partial charge in [-0.15, -0.1) is 13.2 Å². The first kappa shape index (κ1) is 19.0. The van der Waals surface area contributed by atoms with Crippen LogP contribution in [0.3, 0.4) is 0 Å². The smallest absolute Gasteiger partial charge is 0.406 e. The van der Waals surface area contributed by atoms with Gasteiger partial charge in [0, 0.05) is 19.7 Å². The van der Waals surface area contributed by atoms with E-state index >= 15 is 0 Å². The predicted octanol–water partition coefficient (Wildman–Crippen LogP) is 4.38. The van der Waals surface area contributed by atoms with Crippen LogP contribution in [0.4, 0.5) is 24.0 Å². The van der Waals surface area contributed by atoms with E-state index in [1.54, 1.807) is 13.4 Å². The van der Waals surface area contributed by atoms with E-state index in [2.05, 4.69) is 25.3 Å². The second-order valence-corrected chi connectivity index (χ2v) is 7.15. The number of ether oxygens (including phenoxy) is 1. The molecule has 4 rings (SSSR count). The highest BCUT2D eigenvalue weighted by Gasteiger charge is 2.31. The highest BCUT2D eigenvalue weighted by atomic mass is 32.1. The lowest BCUT2D eigenvalue weighted by Crippen LogP contribution is -2.17. The molecule has 2 N–H and O–H groups in total. The lowest BCUT2D eigenvalue weighted by atomic mass is 10.2. The number of carbonyl (C=O) groups excluding carboxylic acids is 1. The fourth-order valence-electron chi connectivity index (χ4n) is 2.93. The van der Waals surface area contributed by atoms with Gasteiger partial charge in [0.25, 0.3) is 5.91 Å². The van der Waals surface area contributed by atoms with Gasteiger partial charge in [-0.2, -0.15) is 0 Å². The number of benzene rings is 2. The number of thiazole rings is 1. The van der Waals surface area contributed by atoms with Crippen molar-refractivity contribution in [3.8, 4) is 5.75 Å². The van der Waals surface area contributed by atoms with Crippen LogP contribution in [0.2, 0.25) is 0 Å². The molecule has 7 nitrogen and oxygen atoms in total. The molecule has 1 amide bonds. The number of hydrogen-bond donors (Lipinski definition) is 2. The first-order valence-corrected chi connectivity index (χ1v) is 9.16. The van der Waals surface area contributed by atoms with E-state index < -0.39 is 18.0 Å². The normalized spacial score (nSPS) is 11.8. The van der Waals surface area contributed by atoms with E-state index in [9.17, 15) is 18.0 Å². The van der Waals surface area contributed by atoms with Crippen molar-refractivity contribution < 1.29 is 22.7 Å². The van der Waals surface area contributed by atoms with Crippen molar-refractivity contribution in [1.82, 2.24) is 14.5 Å². The van der Waals surface area contributed by atoms with Crippen LogP contribution in [0.15, 0.2) is 36.7 Å². The average molecular weight is 421 g/mol. The molecule has 2 aromatic carbocycles. The van der Waals surface area contributed by atoms with E-state index in [0.29, 0.717) is 10.6 Å². The third-order valence-corrected chi connectivity index (χ3v) is 5.10. The van der Waals surface area contributed by atoms with E-state index in [-0.39, 0.29) is 5.56 Å². The van der Waals surface area contributed by atoms with E-state index in [0.717, 1.165) is 33.6 Å². The van der Waals surface area contributed by atoms with Crippen molar-refractivity contribution in [2.45, 2.75) is 6.36 Å². The van der Waals surface area contributed by atoms with Crippen molar-refractivity contribution in [3.05, 3.63) is 42.2 Å². The van der Waals surface area contributed by atoms with Gasteiger partial charge in [-0.05, 0) is 30.3 Å². The molecule has 0 fully saturated rings. The van der Waals surface area contributed by atoms with Gasteiger partial charge in [0.1, 0.15) is 16.8 Å². The standard InChI is InChI=1S/C18H14F3N5O2S/c1-22-11-7-12-14(15-13(11)23-8-26(15)2)24-17(29-12)25-16(27)9-3-5-10(6-4-9)28-18(19,20)21/h3-8,22H,1-2H3,(H,24,25,27). The van der Waals surface area contributed by atoms with Crippen LogP contribution in [-0.4, -0.2) is 33.9 Å². The maximum Gasteiger partial charge on any atom is 0.573 e. The third kappa shape index (κ3) is 3.68. The minimum Gasteiger partial charge on any atom is -0.406 e. The zero-order chi connectivity index (χ0) is 20.8. The van der Waals surface area contributed by atoms with Crippen LogP contribution in [-0.2, 0) is 7.05 Å². The Labute approximate surface area is 166 Å². The summed E-state index contributed by atoms with van der Waals surface area (Å²) < 4.78 is 43.2. The van der Waals surface area contributed by atoms with Crippen molar-refractivity contribution in [2.24, 2.45) is 7.05 Å². The number of aryl methyl sites for hydroxylation is 1. The fraction of sp³-hybridized carbons (Fsp3) is 0.167. The number of aromatic nitrogens is 3. The summed E-state index contributed by atoms with van der Waals surface area (Å²) in [6.45, 7) is 0. The van der Waals surface area contributed by atoms with Gasteiger partial charge in [-0.1, -0.05) is 11.3 Å². The number of nitrogens with zero attached hydrogens (tertiary/aromatic N) is 3. The minimum atomic E-state index is -4.78. The molecule has 11 heteroatoms. The molecule has 0 aliphatic rings. The Balaban J connectivity index is 1.62. The first-order chi connectivity index (χ1) is 13.7. The zero-order valence-electron chi connectivity index (χ0n) is 15.2. The summed E-state index contributed by atoms with van der Waals surface area (Å²) in [7, 11) is 3.65. The molecule has 150 valence electrons. The van der Waals surface area contributed by atoms with Crippen LogP contribution in [0.1, 0.15) is 10.4 Å². The predicted molar refractivity (Wildman–Crippen MR) is 105 cm³/mol. The Hall–Kier alpha value is -3.34. The molecular weight excluding hydrogens is 407 g/mol. The monoisotopic (exact) mass is 421 g/mol. The summed E-state index contributed by atoms with van der Waals surface area (Å²) >= 11 is 1.29. The summed E-state index contributed by atoms with van der Waals surface area (Å²) in [5, 5.41) is 6.15. The van der Waals surface area contributed by atoms with Crippen LogP contribution in [0.5, 0.6) is 5.75 Å². The van der Waals surface area contributed by atoms with Crippen molar-refractivity contribution in [2.75, 3.05) is 17.7 Å². The molecule has 2 aromatic heterocycles. The van der Waals surface area contributed by atoms with Crippen LogP contribution in [0, 0.1) is 0 Å². The van der Waals surface area contributed by atoms with Gasteiger partial charge in [-0.25, -0.2) is 9.97 Å². The Bertz CT molecular complexity index is 1210.